The fraction of sp³-hybridized carbons (Fsp3) is 0.286. The molecule has 0 aliphatic heterocycles. The Hall–Kier alpha value is -2.55. The van der Waals surface area contributed by atoms with Gasteiger partial charge in [0.2, 0.25) is 5.89 Å². The molecule has 124 valence electrons. The first-order valence-corrected chi connectivity index (χ1v) is 6.59. The minimum Gasteiger partial charge on any atom is -0.447 e. The maximum Gasteiger partial charge on any atom is 0.573 e. The first-order chi connectivity index (χ1) is 10.9. The number of ether oxygens (including phenoxy) is 1. The number of nitrogens with zero attached hydrogens (tertiary/aromatic N) is 1. The smallest absolute Gasteiger partial charge is 0.447 e. The van der Waals surface area contributed by atoms with Crippen LogP contribution in [-0.2, 0) is 13.1 Å². The topological polar surface area (TPSA) is 76.4 Å². The Morgan fingerprint density at radius 2 is 1.96 bits per heavy atom. The van der Waals surface area contributed by atoms with E-state index in [1.807, 2.05) is 0 Å². The van der Waals surface area contributed by atoms with Crippen molar-refractivity contribution in [3.63, 3.8) is 0 Å². The van der Waals surface area contributed by atoms with Crippen LogP contribution >= 0.6 is 0 Å². The van der Waals surface area contributed by atoms with E-state index in [1.165, 1.54) is 30.5 Å². The highest BCUT2D eigenvalue weighted by Crippen LogP contribution is 2.22. The van der Waals surface area contributed by atoms with Crippen molar-refractivity contribution in [2.75, 3.05) is 7.05 Å². The molecule has 0 fully saturated rings. The molecule has 6 nitrogen and oxygen atoms in total. The number of carbonyl (C=O) groups is 1. The molecule has 23 heavy (non-hydrogen) atoms. The molecule has 0 atom stereocenters. The van der Waals surface area contributed by atoms with Crippen LogP contribution < -0.4 is 15.4 Å². The number of carbonyl (C=O) groups excluding carboxylic acids is 1. The highest BCUT2D eigenvalue weighted by molar-refractivity contribution is 5.91. The van der Waals surface area contributed by atoms with Gasteiger partial charge in [-0.25, -0.2) is 4.98 Å². The first-order valence-electron chi connectivity index (χ1n) is 6.59. The highest BCUT2D eigenvalue weighted by atomic mass is 19.4. The van der Waals surface area contributed by atoms with E-state index in [4.69, 9.17) is 4.42 Å². The van der Waals surface area contributed by atoms with Crippen LogP contribution in [0.15, 0.2) is 34.9 Å². The molecule has 1 amide bonds. The summed E-state index contributed by atoms with van der Waals surface area (Å²) in [5.41, 5.74) is 0.749. The second-order valence-electron chi connectivity index (χ2n) is 4.53. The van der Waals surface area contributed by atoms with E-state index < -0.39 is 12.3 Å². The summed E-state index contributed by atoms with van der Waals surface area (Å²) in [6, 6.07) is 5.21. The lowest BCUT2D eigenvalue weighted by Gasteiger charge is -2.09. The van der Waals surface area contributed by atoms with Crippen LogP contribution in [0.2, 0.25) is 0 Å². The van der Waals surface area contributed by atoms with Crippen molar-refractivity contribution < 1.29 is 27.1 Å². The molecule has 1 aromatic heterocycles. The summed E-state index contributed by atoms with van der Waals surface area (Å²) in [6.45, 7) is 0.535. The SMILES string of the molecule is CNCc1nc(C(=O)NCc2ccc(OC(F)(F)F)cc2)co1. The Balaban J connectivity index is 1.88. The Morgan fingerprint density at radius 3 is 2.57 bits per heavy atom. The van der Waals surface area contributed by atoms with E-state index in [1.54, 1.807) is 7.05 Å². The first kappa shape index (κ1) is 16.8. The zero-order valence-electron chi connectivity index (χ0n) is 12.1. The monoisotopic (exact) mass is 329 g/mol. The van der Waals surface area contributed by atoms with Gasteiger partial charge in [-0.15, -0.1) is 13.2 Å². The lowest BCUT2D eigenvalue weighted by atomic mass is 10.2. The lowest BCUT2D eigenvalue weighted by Crippen LogP contribution is -2.23. The number of hydrogen-bond acceptors (Lipinski definition) is 5. The number of benzene rings is 1. The van der Waals surface area contributed by atoms with Crippen LogP contribution in [-0.4, -0.2) is 24.3 Å². The van der Waals surface area contributed by atoms with Crippen molar-refractivity contribution in [2.24, 2.45) is 0 Å². The van der Waals surface area contributed by atoms with Crippen LogP contribution in [0.1, 0.15) is 21.9 Å². The minimum absolute atomic E-state index is 0.132. The average Bonchev–Trinajstić information content (AvgIpc) is 2.94. The maximum atomic E-state index is 12.0. The normalized spacial score (nSPS) is 11.3. The van der Waals surface area contributed by atoms with Crippen molar-refractivity contribution in [1.29, 1.82) is 0 Å². The number of alkyl halides is 3. The van der Waals surface area contributed by atoms with E-state index >= 15 is 0 Å². The summed E-state index contributed by atoms with van der Waals surface area (Å²) < 4.78 is 45.0. The van der Waals surface area contributed by atoms with E-state index in [2.05, 4.69) is 20.4 Å². The van der Waals surface area contributed by atoms with Gasteiger partial charge in [0, 0.05) is 6.54 Å². The molecule has 0 aliphatic carbocycles. The minimum atomic E-state index is -4.73. The molecule has 2 N–H and O–H groups in total. The number of hydrogen-bond donors (Lipinski definition) is 2. The number of rotatable bonds is 6. The van der Waals surface area contributed by atoms with Crippen LogP contribution in [0.5, 0.6) is 5.75 Å². The molecule has 0 unspecified atom stereocenters. The van der Waals surface area contributed by atoms with Gasteiger partial charge in [-0.05, 0) is 24.7 Å². The fourth-order valence-electron chi connectivity index (χ4n) is 1.73. The third kappa shape index (κ3) is 5.29. The molecular weight excluding hydrogens is 315 g/mol. The van der Waals surface area contributed by atoms with Gasteiger partial charge in [0.05, 0.1) is 6.54 Å². The molecule has 2 aromatic rings. The number of amides is 1. The Morgan fingerprint density at radius 1 is 1.26 bits per heavy atom. The van der Waals surface area contributed by atoms with Gasteiger partial charge in [-0.3, -0.25) is 4.79 Å². The fourth-order valence-corrected chi connectivity index (χ4v) is 1.73. The summed E-state index contributed by atoms with van der Waals surface area (Å²) >= 11 is 0. The Kier molecular flexibility index (Phi) is 5.22. The number of halogens is 3. The van der Waals surface area contributed by atoms with Crippen LogP contribution in [0.3, 0.4) is 0 Å². The van der Waals surface area contributed by atoms with Crippen molar-refractivity contribution >= 4 is 5.91 Å². The predicted molar refractivity (Wildman–Crippen MR) is 73.6 cm³/mol. The second-order valence-corrected chi connectivity index (χ2v) is 4.53. The molecule has 0 radical (unpaired) electrons. The summed E-state index contributed by atoms with van der Waals surface area (Å²) in [5.74, 6) is -0.376. The highest BCUT2D eigenvalue weighted by Gasteiger charge is 2.30. The zero-order valence-corrected chi connectivity index (χ0v) is 12.1. The molecule has 1 heterocycles. The Labute approximate surface area is 129 Å². The van der Waals surface area contributed by atoms with Gasteiger partial charge in [0.1, 0.15) is 12.0 Å². The van der Waals surface area contributed by atoms with Crippen molar-refractivity contribution in [1.82, 2.24) is 15.6 Å². The molecule has 2 rings (SSSR count). The third-order valence-electron chi connectivity index (χ3n) is 2.72. The van der Waals surface area contributed by atoms with Crippen molar-refractivity contribution in [3.05, 3.63) is 47.7 Å². The number of aromatic nitrogens is 1. The predicted octanol–water partition coefficient (Wildman–Crippen LogP) is 2.22. The average molecular weight is 329 g/mol. The van der Waals surface area contributed by atoms with Gasteiger partial charge < -0.3 is 19.8 Å². The summed E-state index contributed by atoms with van der Waals surface area (Å²) in [7, 11) is 1.72. The van der Waals surface area contributed by atoms with E-state index in [0.717, 1.165) is 0 Å². The molecule has 0 saturated heterocycles. The maximum absolute atomic E-state index is 12.0. The van der Waals surface area contributed by atoms with Gasteiger partial charge in [-0.1, -0.05) is 12.1 Å². The summed E-state index contributed by atoms with van der Waals surface area (Å²) in [4.78, 5) is 15.8. The van der Waals surface area contributed by atoms with Gasteiger partial charge >= 0.3 is 6.36 Å². The van der Waals surface area contributed by atoms with Crippen LogP contribution in [0.4, 0.5) is 13.2 Å². The number of nitrogens with one attached hydrogen (secondary N) is 2. The second kappa shape index (κ2) is 7.14. The summed E-state index contributed by atoms with van der Waals surface area (Å²) in [6.07, 6.45) is -3.49. The molecule has 0 aliphatic rings. The molecule has 1 aromatic carbocycles. The molecule has 9 heteroatoms. The van der Waals surface area contributed by atoms with Crippen LogP contribution in [0.25, 0.3) is 0 Å². The van der Waals surface area contributed by atoms with E-state index in [0.29, 0.717) is 18.0 Å². The Bertz CT molecular complexity index is 653. The van der Waals surface area contributed by atoms with Crippen molar-refractivity contribution in [2.45, 2.75) is 19.5 Å². The van der Waals surface area contributed by atoms with Gasteiger partial charge in [0.25, 0.3) is 5.91 Å². The molecular formula is C14H14F3N3O3. The lowest BCUT2D eigenvalue weighted by molar-refractivity contribution is -0.274. The molecule has 0 spiro atoms. The summed E-state index contributed by atoms with van der Waals surface area (Å²) in [5, 5.41) is 5.43. The zero-order chi connectivity index (χ0) is 16.9. The van der Waals surface area contributed by atoms with Crippen molar-refractivity contribution in [3.8, 4) is 5.75 Å². The molecule has 0 saturated carbocycles. The van der Waals surface area contributed by atoms with Gasteiger partial charge in [-0.2, -0.15) is 0 Å². The standard InChI is InChI=1S/C14H14F3N3O3/c1-18-7-12-20-11(8-22-12)13(21)19-6-9-2-4-10(5-3-9)23-14(15,16)17/h2-5,8,18H,6-7H2,1H3,(H,19,21). The van der Waals surface area contributed by atoms with E-state index in [-0.39, 0.29) is 18.0 Å². The van der Waals surface area contributed by atoms with Crippen LogP contribution in [0, 0.1) is 0 Å². The quantitative estimate of drug-likeness (QED) is 0.850. The third-order valence-corrected chi connectivity index (χ3v) is 2.72. The van der Waals surface area contributed by atoms with Gasteiger partial charge in [0.15, 0.2) is 5.69 Å². The number of oxazole rings is 1. The van der Waals surface area contributed by atoms with E-state index in [9.17, 15) is 18.0 Å². The molecule has 0 bridgehead atoms. The largest absolute Gasteiger partial charge is 0.573 e.